The van der Waals surface area contributed by atoms with Gasteiger partial charge in [-0.15, -0.1) is 0 Å². The highest BCUT2D eigenvalue weighted by molar-refractivity contribution is 7.89. The van der Waals surface area contributed by atoms with Gasteiger partial charge in [-0.1, -0.05) is 32.1 Å². The molecular formula is C15H27NO4S. The van der Waals surface area contributed by atoms with E-state index in [9.17, 15) is 13.2 Å². The Labute approximate surface area is 128 Å². The number of rotatable bonds is 6. The number of ether oxygens (including phenoxy) is 1. The van der Waals surface area contributed by atoms with Crippen LogP contribution in [-0.4, -0.2) is 44.1 Å². The van der Waals surface area contributed by atoms with Gasteiger partial charge >= 0.3 is 5.97 Å². The van der Waals surface area contributed by atoms with Crippen LogP contribution in [0.3, 0.4) is 0 Å². The number of carbonyl (C=O) groups excluding carboxylic acids is 1. The third kappa shape index (κ3) is 4.68. The highest BCUT2D eigenvalue weighted by Gasteiger charge is 2.35. The van der Waals surface area contributed by atoms with Gasteiger partial charge in [0.05, 0.1) is 12.9 Å². The zero-order chi connectivity index (χ0) is 15.3. The summed E-state index contributed by atoms with van der Waals surface area (Å²) in [6, 6.07) is -0.0160. The fourth-order valence-corrected chi connectivity index (χ4v) is 5.67. The van der Waals surface area contributed by atoms with Gasteiger partial charge in [-0.05, 0) is 31.6 Å². The van der Waals surface area contributed by atoms with Gasteiger partial charge < -0.3 is 4.74 Å². The lowest BCUT2D eigenvalue weighted by Crippen LogP contribution is -2.44. The third-order valence-corrected chi connectivity index (χ3v) is 6.81. The number of hydrogen-bond donors (Lipinski definition) is 0. The second kappa shape index (κ2) is 7.58. The molecule has 2 aliphatic rings. The molecule has 0 aromatic rings. The first-order valence-corrected chi connectivity index (χ1v) is 9.70. The molecule has 0 unspecified atom stereocenters. The summed E-state index contributed by atoms with van der Waals surface area (Å²) in [7, 11) is -2.07. The number of carbonyl (C=O) groups is 1. The number of esters is 1. The van der Waals surface area contributed by atoms with Gasteiger partial charge in [0, 0.05) is 6.04 Å². The van der Waals surface area contributed by atoms with E-state index in [4.69, 9.17) is 0 Å². The van der Waals surface area contributed by atoms with Crippen molar-refractivity contribution in [3.8, 4) is 0 Å². The van der Waals surface area contributed by atoms with Crippen LogP contribution in [0.25, 0.3) is 0 Å². The molecule has 0 aliphatic heterocycles. The van der Waals surface area contributed by atoms with Crippen molar-refractivity contribution in [3.63, 3.8) is 0 Å². The van der Waals surface area contributed by atoms with Crippen molar-refractivity contribution < 1.29 is 17.9 Å². The third-order valence-electron chi connectivity index (χ3n) is 4.77. The summed E-state index contributed by atoms with van der Waals surface area (Å²) in [5.74, 6) is -0.0139. The van der Waals surface area contributed by atoms with E-state index in [1.54, 1.807) is 0 Å². The number of hydrogen-bond acceptors (Lipinski definition) is 4. The lowest BCUT2D eigenvalue weighted by Gasteiger charge is -2.30. The van der Waals surface area contributed by atoms with Crippen LogP contribution in [-0.2, 0) is 19.6 Å². The minimum atomic E-state index is -3.38. The standard InChI is InChI=1S/C15H27NO4S/c1-20-15(17)11-16(14-9-5-6-10-14)21(18,19)12-13-7-3-2-4-8-13/h13-14H,2-12H2,1H3. The number of sulfonamides is 1. The summed E-state index contributed by atoms with van der Waals surface area (Å²) in [5, 5.41) is 0. The molecule has 0 heterocycles. The zero-order valence-corrected chi connectivity index (χ0v) is 13.7. The predicted molar refractivity (Wildman–Crippen MR) is 81.3 cm³/mol. The van der Waals surface area contributed by atoms with Gasteiger partial charge in [0.15, 0.2) is 0 Å². The molecule has 0 amide bonds. The molecule has 21 heavy (non-hydrogen) atoms. The maximum absolute atomic E-state index is 12.8. The summed E-state index contributed by atoms with van der Waals surface area (Å²) in [6.07, 6.45) is 9.27. The molecule has 0 aromatic carbocycles. The van der Waals surface area contributed by atoms with E-state index >= 15 is 0 Å². The zero-order valence-electron chi connectivity index (χ0n) is 12.9. The van der Waals surface area contributed by atoms with Gasteiger partial charge in [0.1, 0.15) is 6.54 Å². The normalized spacial score (nSPS) is 21.8. The van der Waals surface area contributed by atoms with Crippen LogP contribution in [0.4, 0.5) is 0 Å². The maximum atomic E-state index is 12.8. The summed E-state index contributed by atoms with van der Waals surface area (Å²) < 4.78 is 31.6. The van der Waals surface area contributed by atoms with Crippen LogP contribution in [0.5, 0.6) is 0 Å². The molecule has 5 nitrogen and oxygen atoms in total. The van der Waals surface area contributed by atoms with Crippen molar-refractivity contribution in [3.05, 3.63) is 0 Å². The van der Waals surface area contributed by atoms with Crippen LogP contribution in [0, 0.1) is 5.92 Å². The van der Waals surface area contributed by atoms with E-state index in [0.29, 0.717) is 0 Å². The van der Waals surface area contributed by atoms with Crippen LogP contribution in [0.2, 0.25) is 0 Å². The van der Waals surface area contributed by atoms with Crippen molar-refractivity contribution >= 4 is 16.0 Å². The lowest BCUT2D eigenvalue weighted by molar-refractivity contribution is -0.141. The van der Waals surface area contributed by atoms with Crippen molar-refractivity contribution in [2.24, 2.45) is 5.92 Å². The molecule has 2 fully saturated rings. The number of methoxy groups -OCH3 is 1. The average molecular weight is 317 g/mol. The van der Waals surface area contributed by atoms with E-state index in [-0.39, 0.29) is 24.3 Å². The molecule has 0 radical (unpaired) electrons. The average Bonchev–Trinajstić information content (AvgIpc) is 2.98. The SMILES string of the molecule is COC(=O)CN(C1CCCC1)S(=O)(=O)CC1CCCCC1. The van der Waals surface area contributed by atoms with E-state index in [0.717, 1.165) is 51.4 Å². The number of nitrogens with zero attached hydrogens (tertiary/aromatic N) is 1. The fourth-order valence-electron chi connectivity index (χ4n) is 3.59. The molecule has 6 heteroatoms. The van der Waals surface area contributed by atoms with E-state index in [1.165, 1.54) is 17.8 Å². The summed E-state index contributed by atoms with van der Waals surface area (Å²) >= 11 is 0. The molecular weight excluding hydrogens is 290 g/mol. The second-order valence-electron chi connectivity index (χ2n) is 6.34. The largest absolute Gasteiger partial charge is 0.468 e. The minimum Gasteiger partial charge on any atom is -0.468 e. The highest BCUT2D eigenvalue weighted by Crippen LogP contribution is 2.29. The van der Waals surface area contributed by atoms with Crippen LogP contribution in [0.1, 0.15) is 57.8 Å². The van der Waals surface area contributed by atoms with Gasteiger partial charge in [-0.2, -0.15) is 4.31 Å². The predicted octanol–water partition coefficient (Wildman–Crippen LogP) is 2.31. The van der Waals surface area contributed by atoms with Crippen LogP contribution >= 0.6 is 0 Å². The van der Waals surface area contributed by atoms with E-state index < -0.39 is 16.0 Å². The first kappa shape index (κ1) is 16.7. The van der Waals surface area contributed by atoms with Gasteiger partial charge in [0.25, 0.3) is 0 Å². The van der Waals surface area contributed by atoms with Crippen molar-refractivity contribution in [1.29, 1.82) is 0 Å². The van der Waals surface area contributed by atoms with Gasteiger partial charge in [-0.3, -0.25) is 4.79 Å². The van der Waals surface area contributed by atoms with Crippen LogP contribution in [0.15, 0.2) is 0 Å². The second-order valence-corrected chi connectivity index (χ2v) is 8.31. The first-order valence-electron chi connectivity index (χ1n) is 8.09. The minimum absolute atomic E-state index is 0.0160. The summed E-state index contributed by atoms with van der Waals surface area (Å²) in [4.78, 5) is 11.6. The Balaban J connectivity index is 2.06. The molecule has 0 atom stereocenters. The topological polar surface area (TPSA) is 63.7 Å². The van der Waals surface area contributed by atoms with E-state index in [1.807, 2.05) is 0 Å². The van der Waals surface area contributed by atoms with Crippen molar-refractivity contribution in [2.45, 2.75) is 63.8 Å². The molecule has 2 saturated carbocycles. The highest BCUT2D eigenvalue weighted by atomic mass is 32.2. The molecule has 0 N–H and O–H groups in total. The summed E-state index contributed by atoms with van der Waals surface area (Å²) in [5.41, 5.74) is 0. The Morgan fingerprint density at radius 3 is 2.19 bits per heavy atom. The van der Waals surface area contributed by atoms with Crippen LogP contribution < -0.4 is 0 Å². The van der Waals surface area contributed by atoms with Crippen molar-refractivity contribution in [1.82, 2.24) is 4.31 Å². The molecule has 0 aromatic heterocycles. The molecule has 2 aliphatic carbocycles. The molecule has 122 valence electrons. The smallest absolute Gasteiger partial charge is 0.321 e. The Morgan fingerprint density at radius 2 is 1.62 bits per heavy atom. The Kier molecular flexibility index (Phi) is 6.05. The lowest BCUT2D eigenvalue weighted by atomic mass is 9.91. The molecule has 0 spiro atoms. The monoisotopic (exact) mass is 317 g/mol. The molecule has 2 rings (SSSR count). The molecule has 0 saturated heterocycles. The fraction of sp³-hybridized carbons (Fsp3) is 0.933. The Hall–Kier alpha value is -0.620. The van der Waals surface area contributed by atoms with E-state index in [2.05, 4.69) is 4.74 Å². The quantitative estimate of drug-likeness (QED) is 0.705. The maximum Gasteiger partial charge on any atom is 0.321 e. The first-order chi connectivity index (χ1) is 10.0. The van der Waals surface area contributed by atoms with Gasteiger partial charge in [-0.25, -0.2) is 8.42 Å². The van der Waals surface area contributed by atoms with Crippen molar-refractivity contribution in [2.75, 3.05) is 19.4 Å². The Morgan fingerprint density at radius 1 is 1.05 bits per heavy atom. The molecule has 0 bridgehead atoms. The van der Waals surface area contributed by atoms with Gasteiger partial charge in [0.2, 0.25) is 10.0 Å². The summed E-state index contributed by atoms with van der Waals surface area (Å²) in [6.45, 7) is -0.129. The Bertz CT molecular complexity index is 437.